The molecule has 2 N–H and O–H groups in total. The number of hydrogen-bond donors (Lipinski definition) is 1. The van der Waals surface area contributed by atoms with Crippen LogP contribution in [0.15, 0.2) is 48.5 Å². The van der Waals surface area contributed by atoms with Gasteiger partial charge in [-0.15, -0.1) is 0 Å². The lowest BCUT2D eigenvalue weighted by atomic mass is 9.90. The number of alkyl halides is 3. The van der Waals surface area contributed by atoms with E-state index in [1.165, 1.54) is 7.05 Å². The van der Waals surface area contributed by atoms with Gasteiger partial charge in [0.05, 0.1) is 5.69 Å². The molecule has 0 fully saturated rings. The number of amides is 1. The third kappa shape index (κ3) is 2.73. The van der Waals surface area contributed by atoms with Crippen molar-refractivity contribution < 1.29 is 18.0 Å². The fraction of sp³-hybridized carbons (Fsp3) is 0.176. The minimum Gasteiger partial charge on any atom is -0.369 e. The molecular weight excluding hydrogens is 319 g/mol. The average molecular weight is 333 g/mol. The van der Waals surface area contributed by atoms with Crippen LogP contribution < -0.4 is 5.73 Å². The van der Waals surface area contributed by atoms with Crippen molar-refractivity contribution in [2.75, 3.05) is 0 Å². The first kappa shape index (κ1) is 16.0. The fourth-order valence-corrected chi connectivity index (χ4v) is 2.85. The van der Waals surface area contributed by atoms with Gasteiger partial charge in [0.1, 0.15) is 5.92 Å². The molecular formula is C17H14F3N3O. The molecule has 1 atom stereocenters. The van der Waals surface area contributed by atoms with Crippen molar-refractivity contribution in [3.8, 4) is 0 Å². The van der Waals surface area contributed by atoms with Crippen LogP contribution in [-0.4, -0.2) is 15.7 Å². The Balaban J connectivity index is 2.22. The number of primary amides is 1. The first-order chi connectivity index (χ1) is 11.3. The summed E-state index contributed by atoms with van der Waals surface area (Å²) in [5, 5.41) is 5.11. The smallest absolute Gasteiger partial charge is 0.369 e. The van der Waals surface area contributed by atoms with Gasteiger partial charge in [0.25, 0.3) is 0 Å². The molecule has 3 rings (SSSR count). The molecule has 0 saturated heterocycles. The summed E-state index contributed by atoms with van der Waals surface area (Å²) in [6, 6.07) is 13.5. The number of nitrogens with zero attached hydrogens (tertiary/aromatic N) is 2. The third-order valence-corrected chi connectivity index (χ3v) is 3.92. The van der Waals surface area contributed by atoms with Gasteiger partial charge in [0, 0.05) is 7.05 Å². The van der Waals surface area contributed by atoms with Gasteiger partial charge in [0.15, 0.2) is 5.69 Å². The molecule has 1 heterocycles. The van der Waals surface area contributed by atoms with E-state index in [1.54, 1.807) is 18.2 Å². The second-order valence-corrected chi connectivity index (χ2v) is 5.48. The van der Waals surface area contributed by atoms with Gasteiger partial charge < -0.3 is 5.73 Å². The van der Waals surface area contributed by atoms with Crippen LogP contribution in [0, 0.1) is 0 Å². The van der Waals surface area contributed by atoms with Gasteiger partial charge >= 0.3 is 6.18 Å². The molecule has 3 aromatic rings. The van der Waals surface area contributed by atoms with Gasteiger partial charge in [-0.1, -0.05) is 42.5 Å². The lowest BCUT2D eigenvalue weighted by molar-refractivity contribution is -0.141. The molecule has 1 unspecified atom stereocenters. The second-order valence-electron chi connectivity index (χ2n) is 5.48. The average Bonchev–Trinajstić information content (AvgIpc) is 2.89. The molecule has 0 saturated carbocycles. The highest BCUT2D eigenvalue weighted by atomic mass is 19.4. The Morgan fingerprint density at radius 3 is 2.46 bits per heavy atom. The molecule has 0 aliphatic carbocycles. The van der Waals surface area contributed by atoms with Crippen LogP contribution in [0.4, 0.5) is 13.2 Å². The molecule has 0 aliphatic heterocycles. The summed E-state index contributed by atoms with van der Waals surface area (Å²) in [4.78, 5) is 12.1. The Bertz CT molecular complexity index is 910. The predicted octanol–water partition coefficient (Wildman–Crippen LogP) is 3.21. The number of benzene rings is 2. The van der Waals surface area contributed by atoms with Crippen molar-refractivity contribution in [2.24, 2.45) is 12.8 Å². The highest BCUT2D eigenvalue weighted by Crippen LogP contribution is 2.34. The third-order valence-electron chi connectivity index (χ3n) is 3.92. The van der Waals surface area contributed by atoms with E-state index in [-0.39, 0.29) is 5.69 Å². The van der Waals surface area contributed by atoms with Crippen molar-refractivity contribution in [3.63, 3.8) is 0 Å². The minimum absolute atomic E-state index is 0.103. The topological polar surface area (TPSA) is 60.9 Å². The maximum atomic E-state index is 12.9. The zero-order chi connectivity index (χ0) is 17.5. The van der Waals surface area contributed by atoms with Crippen LogP contribution in [0.1, 0.15) is 22.9 Å². The summed E-state index contributed by atoms with van der Waals surface area (Å²) in [7, 11) is 1.37. The van der Waals surface area contributed by atoms with E-state index in [1.807, 2.05) is 24.3 Å². The number of hydrogen-bond acceptors (Lipinski definition) is 2. The summed E-state index contributed by atoms with van der Waals surface area (Å²) in [6.45, 7) is 0. The monoisotopic (exact) mass is 333 g/mol. The van der Waals surface area contributed by atoms with Crippen molar-refractivity contribution in [3.05, 3.63) is 65.5 Å². The minimum atomic E-state index is -4.59. The van der Waals surface area contributed by atoms with Crippen molar-refractivity contribution >= 4 is 16.7 Å². The standard InChI is InChI=1S/C17H14F3N3O/c1-23-13(9-14(22-23)17(18,19)20)15(16(21)24)12-8-4-6-10-5-2-3-7-11(10)12/h2-9,15H,1H3,(H2,21,24). The Hall–Kier alpha value is -2.83. The number of nitrogens with two attached hydrogens (primary N) is 1. The van der Waals surface area contributed by atoms with Crippen LogP contribution in [-0.2, 0) is 18.0 Å². The summed E-state index contributed by atoms with van der Waals surface area (Å²) in [6.07, 6.45) is -4.59. The molecule has 0 radical (unpaired) electrons. The maximum absolute atomic E-state index is 12.9. The second kappa shape index (κ2) is 5.67. The molecule has 0 aliphatic rings. The highest BCUT2D eigenvalue weighted by molar-refractivity contribution is 5.94. The van der Waals surface area contributed by atoms with E-state index in [0.717, 1.165) is 21.5 Å². The Morgan fingerprint density at radius 2 is 1.83 bits per heavy atom. The SMILES string of the molecule is Cn1nc(C(F)(F)F)cc1C(C(N)=O)c1cccc2ccccc12. The zero-order valence-corrected chi connectivity index (χ0v) is 12.7. The van der Waals surface area contributed by atoms with E-state index in [2.05, 4.69) is 5.10 Å². The van der Waals surface area contributed by atoms with Gasteiger partial charge in [0.2, 0.25) is 5.91 Å². The molecule has 1 amide bonds. The van der Waals surface area contributed by atoms with Crippen LogP contribution in [0.5, 0.6) is 0 Å². The molecule has 7 heteroatoms. The summed E-state index contributed by atoms with van der Waals surface area (Å²) < 4.78 is 39.8. The number of aromatic nitrogens is 2. The number of carbonyl (C=O) groups is 1. The van der Waals surface area contributed by atoms with Crippen LogP contribution >= 0.6 is 0 Å². The van der Waals surface area contributed by atoms with Gasteiger partial charge in [-0.2, -0.15) is 18.3 Å². The fourth-order valence-electron chi connectivity index (χ4n) is 2.85. The molecule has 4 nitrogen and oxygen atoms in total. The van der Waals surface area contributed by atoms with E-state index in [0.29, 0.717) is 5.56 Å². The number of halogens is 3. The largest absolute Gasteiger partial charge is 0.435 e. The van der Waals surface area contributed by atoms with E-state index in [4.69, 9.17) is 5.73 Å². The summed E-state index contributed by atoms with van der Waals surface area (Å²) in [5.74, 6) is -1.76. The Labute approximate surface area is 135 Å². The highest BCUT2D eigenvalue weighted by Gasteiger charge is 2.36. The van der Waals surface area contributed by atoms with Gasteiger partial charge in [-0.3, -0.25) is 9.48 Å². The van der Waals surface area contributed by atoms with Crippen molar-refractivity contribution in [1.29, 1.82) is 0 Å². The zero-order valence-electron chi connectivity index (χ0n) is 12.7. The van der Waals surface area contributed by atoms with Crippen LogP contribution in [0.2, 0.25) is 0 Å². The van der Waals surface area contributed by atoms with E-state index >= 15 is 0 Å². The first-order valence-electron chi connectivity index (χ1n) is 7.17. The predicted molar refractivity (Wildman–Crippen MR) is 83.2 cm³/mol. The van der Waals surface area contributed by atoms with Gasteiger partial charge in [-0.25, -0.2) is 0 Å². The van der Waals surface area contributed by atoms with Crippen molar-refractivity contribution in [2.45, 2.75) is 12.1 Å². The van der Waals surface area contributed by atoms with Crippen molar-refractivity contribution in [1.82, 2.24) is 9.78 Å². The molecule has 0 spiro atoms. The maximum Gasteiger partial charge on any atom is 0.435 e. The molecule has 1 aromatic heterocycles. The van der Waals surface area contributed by atoms with E-state index in [9.17, 15) is 18.0 Å². The number of carbonyl (C=O) groups excluding carboxylic acids is 1. The van der Waals surface area contributed by atoms with Gasteiger partial charge in [-0.05, 0) is 22.4 Å². The Kier molecular flexibility index (Phi) is 3.79. The molecule has 124 valence electrons. The normalized spacial score (nSPS) is 13.2. The number of rotatable bonds is 3. The number of aryl methyl sites for hydroxylation is 1. The first-order valence-corrected chi connectivity index (χ1v) is 7.17. The molecule has 0 bridgehead atoms. The lowest BCUT2D eigenvalue weighted by Crippen LogP contribution is -2.24. The number of fused-ring (bicyclic) bond motifs is 1. The van der Waals surface area contributed by atoms with E-state index < -0.39 is 23.7 Å². The molecule has 24 heavy (non-hydrogen) atoms. The quantitative estimate of drug-likeness (QED) is 0.800. The van der Waals surface area contributed by atoms with Crippen LogP contribution in [0.3, 0.4) is 0 Å². The summed E-state index contributed by atoms with van der Waals surface area (Å²) in [5.41, 5.74) is 5.12. The lowest BCUT2D eigenvalue weighted by Gasteiger charge is -2.16. The molecule has 2 aromatic carbocycles. The van der Waals surface area contributed by atoms with Crippen LogP contribution in [0.25, 0.3) is 10.8 Å². The Morgan fingerprint density at radius 1 is 1.17 bits per heavy atom. The summed E-state index contributed by atoms with van der Waals surface area (Å²) >= 11 is 0.